The lowest BCUT2D eigenvalue weighted by molar-refractivity contribution is -0.135. The van der Waals surface area contributed by atoms with E-state index in [4.69, 9.17) is 5.11 Å². The number of amides is 1. The molecular formula is C20H29N3O6. The lowest BCUT2D eigenvalue weighted by Crippen LogP contribution is -2.47. The van der Waals surface area contributed by atoms with Crippen molar-refractivity contribution in [3.63, 3.8) is 0 Å². The number of carboxylic acids is 1. The highest BCUT2D eigenvalue weighted by Crippen LogP contribution is 2.31. The van der Waals surface area contributed by atoms with E-state index >= 15 is 0 Å². The molecule has 0 bridgehead atoms. The van der Waals surface area contributed by atoms with Gasteiger partial charge in [-0.3, -0.25) is 23.5 Å². The Morgan fingerprint density at radius 2 is 1.34 bits per heavy atom. The number of carbonyl (C=O) groups is 2. The third-order valence-electron chi connectivity index (χ3n) is 6.05. The Hall–Kier alpha value is -2.58. The first kappa shape index (κ1) is 21.1. The molecule has 2 aliphatic rings. The van der Waals surface area contributed by atoms with Crippen molar-refractivity contribution >= 4 is 11.9 Å². The Labute approximate surface area is 168 Å². The van der Waals surface area contributed by atoms with Crippen molar-refractivity contribution in [2.75, 3.05) is 6.54 Å². The third kappa shape index (κ3) is 4.54. The van der Waals surface area contributed by atoms with Crippen molar-refractivity contribution in [1.82, 2.24) is 14.5 Å². The van der Waals surface area contributed by atoms with Crippen molar-refractivity contribution in [3.05, 3.63) is 26.4 Å². The molecule has 1 aromatic heterocycles. The number of aromatic nitrogens is 2. The van der Waals surface area contributed by atoms with Crippen molar-refractivity contribution in [2.45, 2.75) is 82.7 Å². The van der Waals surface area contributed by atoms with E-state index in [-0.39, 0.29) is 12.1 Å². The van der Waals surface area contributed by atoms with Crippen LogP contribution < -0.4 is 16.6 Å². The fourth-order valence-electron chi connectivity index (χ4n) is 4.58. The number of hydrogen-bond acceptors (Lipinski definition) is 5. The Bertz CT molecular complexity index is 873. The molecule has 0 aromatic carbocycles. The molecule has 1 aromatic rings. The maximum atomic E-state index is 13.3. The number of nitrogens with zero attached hydrogens (tertiary/aromatic N) is 2. The summed E-state index contributed by atoms with van der Waals surface area (Å²) in [5.74, 6) is -2.89. The van der Waals surface area contributed by atoms with Gasteiger partial charge in [0.15, 0.2) is 5.56 Å². The van der Waals surface area contributed by atoms with Crippen LogP contribution in [0.5, 0.6) is 5.88 Å². The molecule has 0 saturated heterocycles. The second-order valence-electron chi connectivity index (χ2n) is 8.04. The maximum absolute atomic E-state index is 13.3. The number of hydrogen-bond donors (Lipinski definition) is 3. The molecule has 0 unspecified atom stereocenters. The van der Waals surface area contributed by atoms with Crippen LogP contribution in [0.2, 0.25) is 0 Å². The van der Waals surface area contributed by atoms with Gasteiger partial charge in [-0.05, 0) is 25.7 Å². The molecule has 0 spiro atoms. The average molecular weight is 407 g/mol. The highest BCUT2D eigenvalue weighted by atomic mass is 16.4. The highest BCUT2D eigenvalue weighted by Gasteiger charge is 2.31. The number of carboxylic acid groups (broad SMARTS) is 1. The van der Waals surface area contributed by atoms with Gasteiger partial charge in [0.2, 0.25) is 5.88 Å². The third-order valence-corrected chi connectivity index (χ3v) is 6.05. The minimum Gasteiger partial charge on any atom is -0.494 e. The molecule has 160 valence electrons. The smallest absolute Gasteiger partial charge is 0.334 e. The summed E-state index contributed by atoms with van der Waals surface area (Å²) in [7, 11) is 0. The van der Waals surface area contributed by atoms with E-state index < -0.39 is 41.1 Å². The second-order valence-corrected chi connectivity index (χ2v) is 8.04. The molecule has 0 aliphatic heterocycles. The van der Waals surface area contributed by atoms with E-state index in [2.05, 4.69) is 5.32 Å². The maximum Gasteiger partial charge on any atom is 0.334 e. The molecule has 1 heterocycles. The molecule has 0 radical (unpaired) electrons. The summed E-state index contributed by atoms with van der Waals surface area (Å²) in [6.45, 7) is -0.677. The minimum atomic E-state index is -1.26. The van der Waals surface area contributed by atoms with E-state index in [1.54, 1.807) is 0 Å². The van der Waals surface area contributed by atoms with Crippen LogP contribution in [0.1, 0.15) is 93.1 Å². The summed E-state index contributed by atoms with van der Waals surface area (Å²) in [5.41, 5.74) is -1.95. The molecule has 1 amide bonds. The first-order valence-electron chi connectivity index (χ1n) is 10.5. The molecule has 2 fully saturated rings. The van der Waals surface area contributed by atoms with Crippen LogP contribution in [0.4, 0.5) is 0 Å². The Balaban J connectivity index is 2.14. The zero-order chi connectivity index (χ0) is 21.0. The van der Waals surface area contributed by atoms with E-state index in [1.165, 1.54) is 4.57 Å². The lowest BCUT2D eigenvalue weighted by Gasteiger charge is -2.28. The second kappa shape index (κ2) is 9.28. The van der Waals surface area contributed by atoms with Gasteiger partial charge in [-0.25, -0.2) is 4.79 Å². The summed E-state index contributed by atoms with van der Waals surface area (Å²) in [6, 6.07) is -0.598. The largest absolute Gasteiger partial charge is 0.494 e. The first-order chi connectivity index (χ1) is 13.9. The molecular weight excluding hydrogens is 378 g/mol. The van der Waals surface area contributed by atoms with Crippen LogP contribution in [-0.2, 0) is 4.79 Å². The van der Waals surface area contributed by atoms with Crippen molar-refractivity contribution in [1.29, 1.82) is 0 Å². The van der Waals surface area contributed by atoms with Gasteiger partial charge in [-0.1, -0.05) is 44.9 Å². The van der Waals surface area contributed by atoms with E-state index in [0.29, 0.717) is 25.7 Å². The summed E-state index contributed by atoms with van der Waals surface area (Å²) >= 11 is 0. The van der Waals surface area contributed by atoms with Gasteiger partial charge in [0.05, 0.1) is 0 Å². The van der Waals surface area contributed by atoms with Crippen LogP contribution in [0.25, 0.3) is 0 Å². The SMILES string of the molecule is O=C(O)CNC(=O)c1c(O)n(C2CCCCC2)c(=O)n(C2CCCCCC2)c1=O. The van der Waals surface area contributed by atoms with Gasteiger partial charge < -0.3 is 15.5 Å². The standard InChI is InChI=1S/C20H29N3O6/c24-15(25)12-21-17(26)16-18(27)22(13-8-4-1-2-5-9-13)20(29)23(19(16)28)14-10-6-3-7-11-14/h13-14,28H,1-12H2,(H,21,26)(H,24,25). The number of rotatable bonds is 5. The predicted molar refractivity (Wildman–Crippen MR) is 105 cm³/mol. The summed E-state index contributed by atoms with van der Waals surface area (Å²) in [6.07, 6.45) is 9.40. The fraction of sp³-hybridized carbons (Fsp3) is 0.700. The Kier molecular flexibility index (Phi) is 6.76. The van der Waals surface area contributed by atoms with Gasteiger partial charge in [0.25, 0.3) is 11.5 Å². The van der Waals surface area contributed by atoms with Crippen molar-refractivity contribution in [3.8, 4) is 5.88 Å². The predicted octanol–water partition coefficient (Wildman–Crippen LogP) is 1.93. The minimum absolute atomic E-state index is 0.278. The number of aromatic hydroxyl groups is 1. The molecule has 0 atom stereocenters. The molecule has 2 saturated carbocycles. The van der Waals surface area contributed by atoms with Gasteiger partial charge in [-0.2, -0.15) is 0 Å². The zero-order valence-electron chi connectivity index (χ0n) is 16.6. The first-order valence-corrected chi connectivity index (χ1v) is 10.5. The monoisotopic (exact) mass is 407 g/mol. The van der Waals surface area contributed by atoms with Crippen LogP contribution in [0.3, 0.4) is 0 Å². The molecule has 9 heteroatoms. The van der Waals surface area contributed by atoms with E-state index in [9.17, 15) is 24.3 Å². The number of aliphatic carboxylic acids is 1. The van der Waals surface area contributed by atoms with E-state index in [0.717, 1.165) is 49.5 Å². The summed E-state index contributed by atoms with van der Waals surface area (Å²) in [4.78, 5) is 49.8. The molecule has 2 aliphatic carbocycles. The van der Waals surface area contributed by atoms with Crippen LogP contribution in [-0.4, -0.2) is 37.8 Å². The normalized spacial score (nSPS) is 18.9. The van der Waals surface area contributed by atoms with Crippen LogP contribution >= 0.6 is 0 Å². The molecule has 3 N–H and O–H groups in total. The molecule has 3 rings (SSSR count). The highest BCUT2D eigenvalue weighted by molar-refractivity contribution is 5.97. The van der Waals surface area contributed by atoms with Gasteiger partial charge in [0, 0.05) is 12.1 Å². The van der Waals surface area contributed by atoms with E-state index in [1.807, 2.05) is 0 Å². The van der Waals surface area contributed by atoms with Crippen molar-refractivity contribution < 1.29 is 19.8 Å². The molecule has 29 heavy (non-hydrogen) atoms. The number of nitrogens with one attached hydrogen (secondary N) is 1. The van der Waals surface area contributed by atoms with Crippen molar-refractivity contribution in [2.24, 2.45) is 0 Å². The summed E-state index contributed by atoms with van der Waals surface area (Å²) in [5, 5.41) is 21.7. The number of carbonyl (C=O) groups excluding carboxylic acids is 1. The summed E-state index contributed by atoms with van der Waals surface area (Å²) < 4.78 is 2.33. The van der Waals surface area contributed by atoms with Gasteiger partial charge in [0.1, 0.15) is 6.54 Å². The van der Waals surface area contributed by atoms with Crippen LogP contribution in [0.15, 0.2) is 9.59 Å². The average Bonchev–Trinajstić information content (AvgIpc) is 2.96. The Morgan fingerprint density at radius 1 is 0.862 bits per heavy atom. The fourth-order valence-corrected chi connectivity index (χ4v) is 4.58. The van der Waals surface area contributed by atoms with Gasteiger partial charge in [-0.15, -0.1) is 0 Å². The van der Waals surface area contributed by atoms with Crippen LogP contribution in [0, 0.1) is 0 Å². The zero-order valence-corrected chi connectivity index (χ0v) is 16.6. The topological polar surface area (TPSA) is 131 Å². The lowest BCUT2D eigenvalue weighted by atomic mass is 9.95. The Morgan fingerprint density at radius 3 is 1.86 bits per heavy atom. The molecule has 9 nitrogen and oxygen atoms in total. The quantitative estimate of drug-likeness (QED) is 0.639. The van der Waals surface area contributed by atoms with Gasteiger partial charge >= 0.3 is 11.7 Å².